The van der Waals surface area contributed by atoms with Crippen molar-refractivity contribution in [3.63, 3.8) is 0 Å². The third-order valence-corrected chi connectivity index (χ3v) is 2.59. The first kappa shape index (κ1) is 14.0. The van der Waals surface area contributed by atoms with Gasteiger partial charge in [0.1, 0.15) is 0 Å². The predicted molar refractivity (Wildman–Crippen MR) is 71.1 cm³/mol. The molecule has 0 bridgehead atoms. The molecule has 0 unspecified atom stereocenters. The number of para-hydroxylation sites is 1. The summed E-state index contributed by atoms with van der Waals surface area (Å²) < 4.78 is 0. The summed E-state index contributed by atoms with van der Waals surface area (Å²) in [6, 6.07) is 6.88. The molecule has 0 saturated heterocycles. The Morgan fingerprint density at radius 2 is 2.00 bits per heavy atom. The van der Waals surface area contributed by atoms with Crippen LogP contribution in [0.5, 0.6) is 0 Å². The lowest BCUT2D eigenvalue weighted by Crippen LogP contribution is -2.40. The Labute approximate surface area is 107 Å². The number of nitrogens with one attached hydrogen (secondary N) is 1. The highest BCUT2D eigenvalue weighted by Gasteiger charge is 2.19. The van der Waals surface area contributed by atoms with Gasteiger partial charge in [0.05, 0.1) is 12.1 Å². The molecule has 0 saturated carbocycles. The maximum Gasteiger partial charge on any atom is 0.256 e. The van der Waals surface area contributed by atoms with E-state index in [1.54, 1.807) is 31.3 Å². The Morgan fingerprint density at radius 3 is 2.56 bits per heavy atom. The number of nitrogens with zero attached hydrogens (tertiary/aromatic N) is 1. The first-order valence-electron chi connectivity index (χ1n) is 5.94. The van der Waals surface area contributed by atoms with E-state index in [-0.39, 0.29) is 18.4 Å². The third-order valence-electron chi connectivity index (χ3n) is 2.59. The molecule has 2 amide bonds. The minimum atomic E-state index is -0.210. The van der Waals surface area contributed by atoms with E-state index < -0.39 is 0 Å². The van der Waals surface area contributed by atoms with Crippen LogP contribution in [-0.4, -0.2) is 36.9 Å². The van der Waals surface area contributed by atoms with Crippen molar-refractivity contribution in [1.29, 1.82) is 0 Å². The highest BCUT2D eigenvalue weighted by molar-refractivity contribution is 6.00. The number of anilines is 1. The number of amides is 2. The molecular formula is C13H19N3O2. The van der Waals surface area contributed by atoms with Crippen LogP contribution < -0.4 is 11.1 Å². The lowest BCUT2D eigenvalue weighted by molar-refractivity contribution is -0.121. The number of carbonyl (C=O) groups is 2. The summed E-state index contributed by atoms with van der Waals surface area (Å²) in [6.45, 7) is 2.54. The maximum atomic E-state index is 12.3. The fourth-order valence-corrected chi connectivity index (χ4v) is 1.64. The molecule has 0 aromatic heterocycles. The molecule has 1 rings (SSSR count). The van der Waals surface area contributed by atoms with Gasteiger partial charge >= 0.3 is 0 Å². The second-order valence-electron chi connectivity index (χ2n) is 3.99. The van der Waals surface area contributed by atoms with Crippen molar-refractivity contribution in [2.75, 3.05) is 25.9 Å². The highest BCUT2D eigenvalue weighted by atomic mass is 16.2. The topological polar surface area (TPSA) is 75.4 Å². The Balaban J connectivity index is 2.89. The summed E-state index contributed by atoms with van der Waals surface area (Å²) in [7, 11) is 1.55. The predicted octanol–water partition coefficient (Wildman–Crippen LogP) is 0.867. The molecule has 0 heterocycles. The molecule has 0 spiro atoms. The average Bonchev–Trinajstić information content (AvgIpc) is 2.38. The quantitative estimate of drug-likeness (QED) is 0.760. The number of carbonyl (C=O) groups excluding carboxylic acids is 2. The smallest absolute Gasteiger partial charge is 0.256 e. The van der Waals surface area contributed by atoms with Crippen molar-refractivity contribution in [2.24, 2.45) is 0 Å². The van der Waals surface area contributed by atoms with Gasteiger partial charge in [0.2, 0.25) is 5.91 Å². The molecule has 0 aliphatic carbocycles. The standard InChI is InChI=1S/C13H19N3O2/c1-3-8-16(9-12(17)15-2)13(18)10-6-4-5-7-11(10)14/h4-7H,3,8-9,14H2,1-2H3,(H,15,17). The Morgan fingerprint density at radius 1 is 1.33 bits per heavy atom. The van der Waals surface area contributed by atoms with Gasteiger partial charge in [-0.2, -0.15) is 0 Å². The van der Waals surface area contributed by atoms with E-state index in [9.17, 15) is 9.59 Å². The monoisotopic (exact) mass is 249 g/mol. The number of hydrogen-bond donors (Lipinski definition) is 2. The van der Waals surface area contributed by atoms with Gasteiger partial charge in [0.15, 0.2) is 0 Å². The van der Waals surface area contributed by atoms with Gasteiger partial charge in [-0.05, 0) is 18.6 Å². The average molecular weight is 249 g/mol. The van der Waals surface area contributed by atoms with Crippen molar-refractivity contribution in [3.8, 4) is 0 Å². The highest BCUT2D eigenvalue weighted by Crippen LogP contribution is 2.13. The van der Waals surface area contributed by atoms with Crippen molar-refractivity contribution >= 4 is 17.5 Å². The van der Waals surface area contributed by atoms with Crippen LogP contribution in [0.25, 0.3) is 0 Å². The number of hydrogen-bond acceptors (Lipinski definition) is 3. The van der Waals surface area contributed by atoms with E-state index in [4.69, 9.17) is 5.73 Å². The molecular weight excluding hydrogens is 230 g/mol. The first-order valence-corrected chi connectivity index (χ1v) is 5.94. The van der Waals surface area contributed by atoms with E-state index in [0.717, 1.165) is 6.42 Å². The summed E-state index contributed by atoms with van der Waals surface area (Å²) in [5, 5.41) is 2.51. The lowest BCUT2D eigenvalue weighted by atomic mass is 10.1. The molecule has 0 fully saturated rings. The minimum Gasteiger partial charge on any atom is -0.398 e. The molecule has 18 heavy (non-hydrogen) atoms. The zero-order valence-corrected chi connectivity index (χ0v) is 10.8. The molecule has 0 atom stereocenters. The zero-order valence-electron chi connectivity index (χ0n) is 10.8. The van der Waals surface area contributed by atoms with E-state index >= 15 is 0 Å². The SMILES string of the molecule is CCCN(CC(=O)NC)C(=O)c1ccccc1N. The minimum absolute atomic E-state index is 0.0531. The number of benzene rings is 1. The van der Waals surface area contributed by atoms with Gasteiger partial charge in [-0.15, -0.1) is 0 Å². The maximum absolute atomic E-state index is 12.3. The molecule has 1 aromatic carbocycles. The van der Waals surface area contributed by atoms with E-state index in [0.29, 0.717) is 17.8 Å². The third kappa shape index (κ3) is 3.48. The normalized spacial score (nSPS) is 9.89. The second kappa shape index (κ2) is 6.64. The summed E-state index contributed by atoms with van der Waals surface area (Å²) >= 11 is 0. The number of likely N-dealkylation sites (N-methyl/N-ethyl adjacent to an activating group) is 1. The van der Waals surface area contributed by atoms with Crippen molar-refractivity contribution in [1.82, 2.24) is 10.2 Å². The zero-order chi connectivity index (χ0) is 13.5. The van der Waals surface area contributed by atoms with Gasteiger partial charge in [-0.1, -0.05) is 19.1 Å². The first-order chi connectivity index (χ1) is 8.60. The lowest BCUT2D eigenvalue weighted by Gasteiger charge is -2.21. The molecule has 1 aromatic rings. The van der Waals surface area contributed by atoms with Gasteiger partial charge in [0, 0.05) is 19.3 Å². The summed E-state index contributed by atoms with van der Waals surface area (Å²) in [6.07, 6.45) is 0.787. The number of nitrogen functional groups attached to an aromatic ring is 1. The summed E-state index contributed by atoms with van der Waals surface area (Å²) in [4.78, 5) is 25.2. The molecule has 5 heteroatoms. The van der Waals surface area contributed by atoms with E-state index in [1.807, 2.05) is 6.92 Å². The van der Waals surface area contributed by atoms with Crippen LogP contribution in [0.3, 0.4) is 0 Å². The molecule has 3 N–H and O–H groups in total. The fourth-order valence-electron chi connectivity index (χ4n) is 1.64. The molecule has 0 aliphatic heterocycles. The van der Waals surface area contributed by atoms with E-state index in [2.05, 4.69) is 5.32 Å². The van der Waals surface area contributed by atoms with Gasteiger partial charge < -0.3 is 16.0 Å². The van der Waals surface area contributed by atoms with Crippen LogP contribution in [0.4, 0.5) is 5.69 Å². The van der Waals surface area contributed by atoms with Gasteiger partial charge in [0.25, 0.3) is 5.91 Å². The second-order valence-corrected chi connectivity index (χ2v) is 3.99. The molecule has 98 valence electrons. The summed E-state index contributed by atoms with van der Waals surface area (Å²) in [5.74, 6) is -0.398. The van der Waals surface area contributed by atoms with Crippen LogP contribution in [0.1, 0.15) is 23.7 Å². The van der Waals surface area contributed by atoms with Gasteiger partial charge in [-0.3, -0.25) is 9.59 Å². The van der Waals surface area contributed by atoms with Crippen LogP contribution in [0.2, 0.25) is 0 Å². The Hall–Kier alpha value is -2.04. The Kier molecular flexibility index (Phi) is 5.17. The van der Waals surface area contributed by atoms with Crippen LogP contribution in [0, 0.1) is 0 Å². The largest absolute Gasteiger partial charge is 0.398 e. The van der Waals surface area contributed by atoms with Crippen molar-refractivity contribution < 1.29 is 9.59 Å². The van der Waals surface area contributed by atoms with Crippen LogP contribution in [0.15, 0.2) is 24.3 Å². The van der Waals surface area contributed by atoms with Crippen LogP contribution in [-0.2, 0) is 4.79 Å². The molecule has 0 radical (unpaired) electrons. The van der Waals surface area contributed by atoms with Crippen molar-refractivity contribution in [2.45, 2.75) is 13.3 Å². The van der Waals surface area contributed by atoms with E-state index in [1.165, 1.54) is 4.90 Å². The molecule has 0 aliphatic rings. The summed E-state index contributed by atoms with van der Waals surface area (Å²) in [5.41, 5.74) is 6.64. The Bertz CT molecular complexity index is 432. The number of rotatable bonds is 5. The van der Waals surface area contributed by atoms with Crippen LogP contribution >= 0.6 is 0 Å². The molecule has 5 nitrogen and oxygen atoms in total. The van der Waals surface area contributed by atoms with Crippen molar-refractivity contribution in [3.05, 3.63) is 29.8 Å². The van der Waals surface area contributed by atoms with Gasteiger partial charge in [-0.25, -0.2) is 0 Å². The number of nitrogens with two attached hydrogens (primary N) is 1. The fraction of sp³-hybridized carbons (Fsp3) is 0.385.